The van der Waals surface area contributed by atoms with Crippen LogP contribution in [0.4, 0.5) is 10.1 Å². The lowest BCUT2D eigenvalue weighted by atomic mass is 10.1. The lowest BCUT2D eigenvalue weighted by Crippen LogP contribution is -2.10. The van der Waals surface area contributed by atoms with Crippen LogP contribution in [0.1, 0.15) is 25.5 Å². The van der Waals surface area contributed by atoms with Gasteiger partial charge in [0.2, 0.25) is 5.91 Å². The van der Waals surface area contributed by atoms with Crippen LogP contribution in [0.25, 0.3) is 0 Å². The maximum atomic E-state index is 13.1. The molecule has 0 bridgehead atoms. The molecule has 1 aromatic rings. The van der Waals surface area contributed by atoms with Gasteiger partial charge in [0.25, 0.3) is 0 Å². The summed E-state index contributed by atoms with van der Waals surface area (Å²) in [5, 5.41) is 11.7. The van der Waals surface area contributed by atoms with Gasteiger partial charge in [-0.3, -0.25) is 4.79 Å². The van der Waals surface area contributed by atoms with E-state index in [0.29, 0.717) is 5.69 Å². The zero-order valence-electron chi connectivity index (χ0n) is 8.34. The molecule has 1 amide bonds. The summed E-state index contributed by atoms with van der Waals surface area (Å²) in [6, 6.07) is 2.50. The van der Waals surface area contributed by atoms with E-state index in [-0.39, 0.29) is 16.5 Å². The van der Waals surface area contributed by atoms with Crippen LogP contribution in [0.15, 0.2) is 12.1 Å². The predicted octanol–water partition coefficient (Wildman–Crippen LogP) is 2.49. The van der Waals surface area contributed by atoms with Crippen molar-refractivity contribution < 1.29 is 14.3 Å². The molecule has 0 saturated heterocycles. The van der Waals surface area contributed by atoms with Crippen molar-refractivity contribution >= 4 is 23.2 Å². The van der Waals surface area contributed by atoms with Crippen LogP contribution >= 0.6 is 11.6 Å². The molecule has 0 aliphatic heterocycles. The number of aliphatic hydroxyl groups is 1. The molecule has 0 fully saturated rings. The second kappa shape index (κ2) is 4.59. The number of rotatable bonds is 2. The molecule has 15 heavy (non-hydrogen) atoms. The average Bonchev–Trinajstić information content (AvgIpc) is 2.10. The highest BCUT2D eigenvalue weighted by atomic mass is 35.5. The number of anilines is 1. The summed E-state index contributed by atoms with van der Waals surface area (Å²) in [4.78, 5) is 10.9. The number of carbonyl (C=O) groups is 1. The summed E-state index contributed by atoms with van der Waals surface area (Å²) in [5.74, 6) is -0.929. The highest BCUT2D eigenvalue weighted by Gasteiger charge is 2.16. The number of amides is 1. The first kappa shape index (κ1) is 11.9. The summed E-state index contributed by atoms with van der Waals surface area (Å²) in [5.41, 5.74) is 0.510. The van der Waals surface area contributed by atoms with E-state index in [2.05, 4.69) is 5.32 Å². The lowest BCUT2D eigenvalue weighted by molar-refractivity contribution is -0.114. The zero-order valence-corrected chi connectivity index (χ0v) is 9.10. The van der Waals surface area contributed by atoms with Crippen LogP contribution in [-0.2, 0) is 4.79 Å². The Labute approximate surface area is 91.9 Å². The Morgan fingerprint density at radius 1 is 1.60 bits per heavy atom. The summed E-state index contributed by atoms with van der Waals surface area (Å²) in [7, 11) is 0. The van der Waals surface area contributed by atoms with Crippen molar-refractivity contribution in [2.75, 3.05) is 5.32 Å². The Morgan fingerprint density at radius 3 is 2.67 bits per heavy atom. The molecule has 3 nitrogen and oxygen atoms in total. The van der Waals surface area contributed by atoms with Crippen LogP contribution in [0, 0.1) is 5.82 Å². The van der Waals surface area contributed by atoms with Crippen molar-refractivity contribution in [3.05, 3.63) is 28.5 Å². The standard InChI is InChI=1S/C10H11ClFNO2/c1-5(14)9-8(13-6(2)15)4-3-7(12)10(9)11/h3-5,14H,1-2H3,(H,13,15). The van der Waals surface area contributed by atoms with Crippen molar-refractivity contribution in [3.8, 4) is 0 Å². The van der Waals surface area contributed by atoms with Gasteiger partial charge in [0.05, 0.1) is 11.1 Å². The number of carbonyl (C=O) groups excluding carboxylic acids is 1. The van der Waals surface area contributed by atoms with E-state index in [0.717, 1.165) is 6.07 Å². The van der Waals surface area contributed by atoms with Gasteiger partial charge >= 0.3 is 0 Å². The fourth-order valence-corrected chi connectivity index (χ4v) is 1.60. The molecule has 2 N–H and O–H groups in total. The minimum Gasteiger partial charge on any atom is -0.389 e. The molecule has 1 unspecified atom stereocenters. The number of hydrogen-bond acceptors (Lipinski definition) is 2. The smallest absolute Gasteiger partial charge is 0.221 e. The molecule has 0 radical (unpaired) electrons. The van der Waals surface area contributed by atoms with Crippen LogP contribution < -0.4 is 5.32 Å². The van der Waals surface area contributed by atoms with Gasteiger partial charge in [0.15, 0.2) is 0 Å². The monoisotopic (exact) mass is 231 g/mol. The molecule has 5 heteroatoms. The number of hydrogen-bond donors (Lipinski definition) is 2. The van der Waals surface area contributed by atoms with Gasteiger partial charge in [0, 0.05) is 18.2 Å². The van der Waals surface area contributed by atoms with E-state index < -0.39 is 11.9 Å². The topological polar surface area (TPSA) is 49.3 Å². The van der Waals surface area contributed by atoms with Gasteiger partial charge in [-0.2, -0.15) is 0 Å². The van der Waals surface area contributed by atoms with E-state index in [4.69, 9.17) is 11.6 Å². The van der Waals surface area contributed by atoms with Gasteiger partial charge < -0.3 is 10.4 Å². The normalized spacial score (nSPS) is 12.3. The highest BCUT2D eigenvalue weighted by Crippen LogP contribution is 2.32. The Kier molecular flexibility index (Phi) is 3.66. The maximum absolute atomic E-state index is 13.1. The lowest BCUT2D eigenvalue weighted by Gasteiger charge is -2.14. The molecular weight excluding hydrogens is 221 g/mol. The van der Waals surface area contributed by atoms with Crippen LogP contribution in [0.2, 0.25) is 5.02 Å². The van der Waals surface area contributed by atoms with Crippen molar-refractivity contribution in [1.82, 2.24) is 0 Å². The number of halogens is 2. The SMILES string of the molecule is CC(=O)Nc1ccc(F)c(Cl)c1C(C)O. The summed E-state index contributed by atoms with van der Waals surface area (Å²) >= 11 is 5.69. The molecule has 82 valence electrons. The first-order chi connectivity index (χ1) is 6.93. The van der Waals surface area contributed by atoms with Crippen molar-refractivity contribution in [2.45, 2.75) is 20.0 Å². The van der Waals surface area contributed by atoms with E-state index in [1.54, 1.807) is 0 Å². The Hall–Kier alpha value is -1.13. The summed E-state index contributed by atoms with van der Waals surface area (Å²) < 4.78 is 13.1. The minimum absolute atomic E-state index is 0.170. The molecule has 0 saturated carbocycles. The molecule has 0 aliphatic rings. The quantitative estimate of drug-likeness (QED) is 0.822. The minimum atomic E-state index is -0.949. The van der Waals surface area contributed by atoms with Crippen molar-refractivity contribution in [2.24, 2.45) is 0 Å². The third kappa shape index (κ3) is 2.67. The van der Waals surface area contributed by atoms with E-state index >= 15 is 0 Å². The first-order valence-electron chi connectivity index (χ1n) is 4.37. The molecule has 0 heterocycles. The maximum Gasteiger partial charge on any atom is 0.221 e. The van der Waals surface area contributed by atoms with Crippen LogP contribution in [-0.4, -0.2) is 11.0 Å². The van der Waals surface area contributed by atoms with Gasteiger partial charge in [0.1, 0.15) is 5.82 Å². The fourth-order valence-electron chi connectivity index (χ4n) is 1.27. The molecule has 0 aromatic heterocycles. The number of aliphatic hydroxyl groups excluding tert-OH is 1. The average molecular weight is 232 g/mol. The molecule has 1 aromatic carbocycles. The fraction of sp³-hybridized carbons (Fsp3) is 0.300. The van der Waals surface area contributed by atoms with E-state index in [9.17, 15) is 14.3 Å². The molecular formula is C10H11ClFNO2. The second-order valence-electron chi connectivity index (χ2n) is 3.18. The molecule has 0 spiro atoms. The molecule has 0 aliphatic carbocycles. The van der Waals surface area contributed by atoms with Crippen LogP contribution in [0.5, 0.6) is 0 Å². The van der Waals surface area contributed by atoms with Gasteiger partial charge in [-0.05, 0) is 19.1 Å². The molecule has 1 rings (SSSR count). The predicted molar refractivity (Wildman–Crippen MR) is 56.3 cm³/mol. The van der Waals surface area contributed by atoms with Gasteiger partial charge in [-0.1, -0.05) is 11.6 Å². The first-order valence-corrected chi connectivity index (χ1v) is 4.74. The number of nitrogens with one attached hydrogen (secondary N) is 1. The Balaban J connectivity index is 3.26. The van der Waals surface area contributed by atoms with Gasteiger partial charge in [-0.15, -0.1) is 0 Å². The summed E-state index contributed by atoms with van der Waals surface area (Å²) in [6.07, 6.45) is -0.949. The molecule has 1 atom stereocenters. The zero-order chi connectivity index (χ0) is 11.6. The Morgan fingerprint density at radius 2 is 2.20 bits per heavy atom. The van der Waals surface area contributed by atoms with Gasteiger partial charge in [-0.25, -0.2) is 4.39 Å². The Bertz CT molecular complexity index is 393. The van der Waals surface area contributed by atoms with Crippen LogP contribution in [0.3, 0.4) is 0 Å². The second-order valence-corrected chi connectivity index (χ2v) is 3.56. The number of benzene rings is 1. The third-order valence-corrected chi connectivity index (χ3v) is 2.25. The van der Waals surface area contributed by atoms with Crippen molar-refractivity contribution in [1.29, 1.82) is 0 Å². The van der Waals surface area contributed by atoms with E-state index in [1.165, 1.54) is 19.9 Å². The van der Waals surface area contributed by atoms with Crippen molar-refractivity contribution in [3.63, 3.8) is 0 Å². The highest BCUT2D eigenvalue weighted by molar-refractivity contribution is 6.32. The van der Waals surface area contributed by atoms with E-state index in [1.807, 2.05) is 0 Å². The largest absolute Gasteiger partial charge is 0.389 e. The third-order valence-electron chi connectivity index (χ3n) is 1.86. The summed E-state index contributed by atoms with van der Waals surface area (Å²) in [6.45, 7) is 2.77.